The molecule has 0 fully saturated rings. The fourth-order valence-electron chi connectivity index (χ4n) is 1.68. The van der Waals surface area contributed by atoms with Crippen LogP contribution in [0.1, 0.15) is 19.3 Å². The monoisotopic (exact) mass is 376 g/mol. The minimum absolute atomic E-state index is 0.379. The molecule has 0 aliphatic carbocycles. The zero-order valence-corrected chi connectivity index (χ0v) is 13.6. The Balaban J connectivity index is 4.91. The summed E-state index contributed by atoms with van der Waals surface area (Å²) in [5.74, 6) is -6.92. The molecule has 0 saturated carbocycles. The molecule has 146 valence electrons. The highest BCUT2D eigenvalue weighted by Gasteiger charge is 2.28. The van der Waals surface area contributed by atoms with E-state index in [0.717, 1.165) is 0 Å². The first-order valence-corrected chi connectivity index (χ1v) is 7.29. The third kappa shape index (κ3) is 9.82. The summed E-state index contributed by atoms with van der Waals surface area (Å²) in [6.07, 6.45) is -1.83. The number of hydrogen-bond acceptors (Lipinski definition) is 7. The molecule has 2 atom stereocenters. The highest BCUT2D eigenvalue weighted by molar-refractivity contribution is 5.94. The molecule has 0 aromatic carbocycles. The van der Waals surface area contributed by atoms with Gasteiger partial charge >= 0.3 is 17.9 Å². The highest BCUT2D eigenvalue weighted by Crippen LogP contribution is 2.01. The van der Waals surface area contributed by atoms with Gasteiger partial charge in [0.05, 0.1) is 19.5 Å². The maximum Gasteiger partial charge on any atom is 0.326 e. The van der Waals surface area contributed by atoms with Crippen LogP contribution in [0.3, 0.4) is 0 Å². The van der Waals surface area contributed by atoms with Crippen LogP contribution in [0.5, 0.6) is 0 Å². The molecule has 0 bridgehead atoms. The summed E-state index contributed by atoms with van der Waals surface area (Å²) in [5, 5.41) is 32.5. The van der Waals surface area contributed by atoms with E-state index in [9.17, 15) is 28.8 Å². The van der Waals surface area contributed by atoms with Crippen molar-refractivity contribution in [2.45, 2.75) is 31.3 Å². The number of carbonyl (C=O) groups excluding carboxylic acids is 3. The maximum absolute atomic E-state index is 12.1. The SMILES string of the molecule is NCC(=O)NCC(=O)NC(CC(=O)O)C(=O)NC(CCC(=O)O)C(=O)O. The molecule has 0 aromatic heterocycles. The van der Waals surface area contributed by atoms with Gasteiger partial charge in [-0.3, -0.25) is 24.0 Å². The van der Waals surface area contributed by atoms with Crippen LogP contribution in [0.15, 0.2) is 0 Å². The Kier molecular flexibility index (Phi) is 9.95. The predicted molar refractivity (Wildman–Crippen MR) is 82.7 cm³/mol. The smallest absolute Gasteiger partial charge is 0.326 e. The van der Waals surface area contributed by atoms with Gasteiger partial charge in [-0.15, -0.1) is 0 Å². The number of amides is 3. The van der Waals surface area contributed by atoms with Crippen LogP contribution in [0.2, 0.25) is 0 Å². The van der Waals surface area contributed by atoms with Gasteiger partial charge in [0.15, 0.2) is 0 Å². The van der Waals surface area contributed by atoms with Crippen LogP contribution in [0.4, 0.5) is 0 Å². The molecule has 0 radical (unpaired) electrons. The van der Waals surface area contributed by atoms with Gasteiger partial charge in [-0.2, -0.15) is 0 Å². The van der Waals surface area contributed by atoms with Crippen molar-refractivity contribution < 1.29 is 44.1 Å². The lowest BCUT2D eigenvalue weighted by molar-refractivity contribution is -0.144. The Hall–Kier alpha value is -3.22. The quantitative estimate of drug-likeness (QED) is 0.177. The van der Waals surface area contributed by atoms with Gasteiger partial charge in [0, 0.05) is 6.42 Å². The molecule has 13 heteroatoms. The lowest BCUT2D eigenvalue weighted by Gasteiger charge is -2.20. The summed E-state index contributed by atoms with van der Waals surface area (Å²) in [6, 6.07) is -3.20. The minimum Gasteiger partial charge on any atom is -0.481 e. The minimum atomic E-state index is -1.62. The number of carbonyl (C=O) groups is 6. The summed E-state index contributed by atoms with van der Waals surface area (Å²) in [4.78, 5) is 67.1. The molecule has 0 spiro atoms. The first kappa shape index (κ1) is 22.8. The van der Waals surface area contributed by atoms with Crippen molar-refractivity contribution in [1.82, 2.24) is 16.0 Å². The van der Waals surface area contributed by atoms with Crippen molar-refractivity contribution in [3.05, 3.63) is 0 Å². The van der Waals surface area contributed by atoms with Crippen LogP contribution in [-0.4, -0.2) is 76.1 Å². The van der Waals surface area contributed by atoms with E-state index < -0.39 is 73.5 Å². The first-order chi connectivity index (χ1) is 12.1. The zero-order valence-electron chi connectivity index (χ0n) is 13.6. The second kappa shape index (κ2) is 11.4. The van der Waals surface area contributed by atoms with Crippen molar-refractivity contribution in [1.29, 1.82) is 0 Å². The fourth-order valence-corrected chi connectivity index (χ4v) is 1.68. The van der Waals surface area contributed by atoms with Gasteiger partial charge in [0.2, 0.25) is 17.7 Å². The molecule has 0 saturated heterocycles. The summed E-state index contributed by atoms with van der Waals surface area (Å²) < 4.78 is 0. The largest absolute Gasteiger partial charge is 0.481 e. The van der Waals surface area contributed by atoms with Gasteiger partial charge in [-0.1, -0.05) is 0 Å². The van der Waals surface area contributed by atoms with E-state index in [0.29, 0.717) is 0 Å². The number of aliphatic carboxylic acids is 3. The van der Waals surface area contributed by atoms with Crippen molar-refractivity contribution in [2.75, 3.05) is 13.1 Å². The zero-order chi connectivity index (χ0) is 20.3. The van der Waals surface area contributed by atoms with E-state index >= 15 is 0 Å². The maximum atomic E-state index is 12.1. The topological polar surface area (TPSA) is 225 Å². The highest BCUT2D eigenvalue weighted by atomic mass is 16.4. The third-order valence-corrected chi connectivity index (χ3v) is 2.92. The van der Waals surface area contributed by atoms with Gasteiger partial charge in [-0.25, -0.2) is 4.79 Å². The van der Waals surface area contributed by atoms with Crippen LogP contribution in [-0.2, 0) is 28.8 Å². The second-order valence-corrected chi connectivity index (χ2v) is 5.03. The van der Waals surface area contributed by atoms with Crippen molar-refractivity contribution >= 4 is 35.6 Å². The van der Waals surface area contributed by atoms with E-state index in [1.807, 2.05) is 10.6 Å². The Bertz CT molecular complexity index is 578. The number of nitrogens with two attached hydrogens (primary N) is 1. The standard InChI is InChI=1S/C13H20N4O9/c14-4-8(18)15-5-9(19)16-7(3-11(22)23)12(24)17-6(13(25)26)1-2-10(20)21/h6-7H,1-5,14H2,(H,15,18)(H,16,19)(H,17,24)(H,20,21)(H,22,23)(H,25,26). The van der Waals surface area contributed by atoms with Crippen molar-refractivity contribution in [3.63, 3.8) is 0 Å². The van der Waals surface area contributed by atoms with Crippen molar-refractivity contribution in [2.24, 2.45) is 5.73 Å². The Morgan fingerprint density at radius 2 is 1.46 bits per heavy atom. The van der Waals surface area contributed by atoms with Gasteiger partial charge in [-0.05, 0) is 6.42 Å². The first-order valence-electron chi connectivity index (χ1n) is 7.29. The average molecular weight is 376 g/mol. The Morgan fingerprint density at radius 3 is 1.92 bits per heavy atom. The van der Waals surface area contributed by atoms with E-state index in [-0.39, 0.29) is 6.54 Å². The van der Waals surface area contributed by atoms with Gasteiger partial charge in [0.25, 0.3) is 0 Å². The number of rotatable bonds is 12. The average Bonchev–Trinajstić information content (AvgIpc) is 2.54. The van der Waals surface area contributed by atoms with Crippen LogP contribution < -0.4 is 21.7 Å². The molecule has 3 amide bonds. The van der Waals surface area contributed by atoms with E-state index in [2.05, 4.69) is 5.32 Å². The van der Waals surface area contributed by atoms with E-state index in [1.54, 1.807) is 0 Å². The van der Waals surface area contributed by atoms with Crippen LogP contribution in [0, 0.1) is 0 Å². The molecular weight excluding hydrogens is 356 g/mol. The predicted octanol–water partition coefficient (Wildman–Crippen LogP) is -3.54. The van der Waals surface area contributed by atoms with Gasteiger partial charge in [0.1, 0.15) is 12.1 Å². The summed E-state index contributed by atoms with van der Waals surface area (Å²) in [7, 11) is 0. The molecule has 0 aromatic rings. The summed E-state index contributed by atoms with van der Waals surface area (Å²) in [6.45, 7) is -0.947. The molecule has 13 nitrogen and oxygen atoms in total. The van der Waals surface area contributed by atoms with E-state index in [4.69, 9.17) is 21.1 Å². The fraction of sp³-hybridized carbons (Fsp3) is 0.538. The number of carboxylic acid groups (broad SMARTS) is 3. The molecule has 0 aliphatic heterocycles. The Morgan fingerprint density at radius 1 is 0.846 bits per heavy atom. The van der Waals surface area contributed by atoms with Crippen molar-refractivity contribution in [3.8, 4) is 0 Å². The number of carboxylic acids is 3. The van der Waals surface area contributed by atoms with Gasteiger partial charge < -0.3 is 37.0 Å². The van der Waals surface area contributed by atoms with E-state index in [1.165, 1.54) is 0 Å². The Labute approximate surface area is 146 Å². The molecular formula is C13H20N4O9. The molecule has 8 N–H and O–H groups in total. The molecule has 0 rings (SSSR count). The lowest BCUT2D eigenvalue weighted by Crippen LogP contribution is -2.54. The second-order valence-electron chi connectivity index (χ2n) is 5.03. The molecule has 0 aliphatic rings. The number of nitrogens with one attached hydrogen (secondary N) is 3. The lowest BCUT2D eigenvalue weighted by atomic mass is 10.1. The third-order valence-electron chi connectivity index (χ3n) is 2.92. The normalized spacial score (nSPS) is 12.3. The summed E-state index contributed by atoms with van der Waals surface area (Å²) in [5.41, 5.74) is 5.02. The summed E-state index contributed by atoms with van der Waals surface area (Å²) >= 11 is 0. The van der Waals surface area contributed by atoms with Crippen LogP contribution in [0.25, 0.3) is 0 Å². The molecule has 0 heterocycles. The molecule has 2 unspecified atom stereocenters. The van der Waals surface area contributed by atoms with Crippen LogP contribution >= 0.6 is 0 Å². The molecule has 26 heavy (non-hydrogen) atoms. The number of hydrogen-bond donors (Lipinski definition) is 7.